The Morgan fingerprint density at radius 1 is 1.08 bits per heavy atom. The molecule has 0 atom stereocenters. The lowest BCUT2D eigenvalue weighted by Gasteiger charge is -2.05. The Kier molecular flexibility index (Phi) is 4.72. The van der Waals surface area contributed by atoms with Crippen LogP contribution in [0.4, 0.5) is 4.39 Å². The third-order valence-corrected chi connectivity index (χ3v) is 3.84. The molecule has 0 aliphatic carbocycles. The van der Waals surface area contributed by atoms with Gasteiger partial charge in [0.05, 0.1) is 5.97 Å². The molecule has 7 heteroatoms. The first-order chi connectivity index (χ1) is 11.6. The molecule has 0 fully saturated rings. The fourth-order valence-corrected chi connectivity index (χ4v) is 2.55. The Balaban J connectivity index is 1.83. The molecule has 3 aromatic rings. The van der Waals surface area contributed by atoms with Gasteiger partial charge < -0.3 is 14.3 Å². The molecule has 1 heterocycles. The van der Waals surface area contributed by atoms with Gasteiger partial charge in [0.15, 0.2) is 0 Å². The Morgan fingerprint density at radius 2 is 1.79 bits per heavy atom. The van der Waals surface area contributed by atoms with Gasteiger partial charge in [-0.15, -0.1) is 10.2 Å². The molecule has 3 rings (SSSR count). The minimum atomic E-state index is -1.34. The number of aliphatic carboxylic acids is 1. The minimum absolute atomic E-state index is 0.0562. The summed E-state index contributed by atoms with van der Waals surface area (Å²) in [6.07, 6.45) is 1.46. The van der Waals surface area contributed by atoms with Gasteiger partial charge in [-0.05, 0) is 47.7 Å². The number of halogens is 1. The van der Waals surface area contributed by atoms with Gasteiger partial charge in [0, 0.05) is 10.5 Å². The molecule has 0 amide bonds. The zero-order valence-electron chi connectivity index (χ0n) is 12.2. The molecule has 0 saturated heterocycles. The smallest absolute Gasteiger partial charge is 0.281 e. The Morgan fingerprint density at radius 3 is 2.46 bits per heavy atom. The fraction of sp³-hybridized carbons (Fsp3) is 0. The summed E-state index contributed by atoms with van der Waals surface area (Å²) in [4.78, 5) is 11.2. The van der Waals surface area contributed by atoms with Gasteiger partial charge in [-0.1, -0.05) is 30.3 Å². The maximum absolute atomic E-state index is 12.9. The third kappa shape index (κ3) is 3.88. The number of hydrogen-bond acceptors (Lipinski definition) is 6. The van der Waals surface area contributed by atoms with Crippen molar-refractivity contribution in [2.24, 2.45) is 0 Å². The Labute approximate surface area is 140 Å². The number of thioether (sulfide) groups is 1. The number of rotatable bonds is 5. The van der Waals surface area contributed by atoms with Crippen molar-refractivity contribution in [1.82, 2.24) is 10.2 Å². The average molecular weight is 341 g/mol. The molecule has 0 radical (unpaired) electrons. The van der Waals surface area contributed by atoms with Crippen LogP contribution >= 0.6 is 11.8 Å². The number of carboxylic acid groups (broad SMARTS) is 1. The van der Waals surface area contributed by atoms with Crippen molar-refractivity contribution in [2.75, 3.05) is 0 Å². The maximum atomic E-state index is 12.9. The van der Waals surface area contributed by atoms with E-state index in [1.807, 2.05) is 6.07 Å². The second-order valence-corrected chi connectivity index (χ2v) is 5.68. The molecule has 24 heavy (non-hydrogen) atoms. The second kappa shape index (κ2) is 7.10. The van der Waals surface area contributed by atoms with E-state index < -0.39 is 5.97 Å². The number of carbonyl (C=O) groups excluding carboxylic acids is 1. The lowest BCUT2D eigenvalue weighted by Crippen LogP contribution is -2.22. The topological polar surface area (TPSA) is 79.0 Å². The van der Waals surface area contributed by atoms with E-state index in [2.05, 4.69) is 10.2 Å². The maximum Gasteiger partial charge on any atom is 0.281 e. The molecule has 0 N–H and O–H groups in total. The van der Waals surface area contributed by atoms with Gasteiger partial charge in [0.2, 0.25) is 5.89 Å². The zero-order valence-corrected chi connectivity index (χ0v) is 13.0. The summed E-state index contributed by atoms with van der Waals surface area (Å²) in [5.41, 5.74) is 1.25. The third-order valence-electron chi connectivity index (χ3n) is 2.99. The van der Waals surface area contributed by atoms with E-state index in [4.69, 9.17) is 4.42 Å². The van der Waals surface area contributed by atoms with Gasteiger partial charge in [-0.25, -0.2) is 4.39 Å². The highest BCUT2D eigenvalue weighted by atomic mass is 32.2. The lowest BCUT2D eigenvalue weighted by molar-refractivity contribution is -0.298. The van der Waals surface area contributed by atoms with Crippen LogP contribution in [0.15, 0.2) is 69.1 Å². The van der Waals surface area contributed by atoms with Crippen LogP contribution in [0, 0.1) is 5.82 Å². The van der Waals surface area contributed by atoms with Gasteiger partial charge >= 0.3 is 0 Å². The standard InChI is InChI=1S/C17H11FN2O3S/c18-13-8-6-12(7-9-13)15-19-20-17(23-15)24-14(16(21)22)10-11-4-2-1-3-5-11/h1-10H,(H,21,22)/p-1/b14-10+. The number of carboxylic acids is 1. The van der Waals surface area contributed by atoms with Crippen LogP contribution in [-0.2, 0) is 4.79 Å². The number of benzene rings is 2. The molecule has 2 aromatic carbocycles. The Bertz CT molecular complexity index is 876. The van der Waals surface area contributed by atoms with Crippen molar-refractivity contribution in [2.45, 2.75) is 5.22 Å². The fourth-order valence-electron chi connectivity index (χ4n) is 1.88. The van der Waals surface area contributed by atoms with Gasteiger partial charge in [-0.3, -0.25) is 0 Å². The van der Waals surface area contributed by atoms with Crippen molar-refractivity contribution >= 4 is 23.8 Å². The number of nitrogens with zero attached hydrogens (tertiary/aromatic N) is 2. The number of hydrogen-bond donors (Lipinski definition) is 0. The predicted octanol–water partition coefficient (Wildman–Crippen LogP) is 2.76. The van der Waals surface area contributed by atoms with Crippen LogP contribution in [0.1, 0.15) is 5.56 Å². The molecule has 5 nitrogen and oxygen atoms in total. The van der Waals surface area contributed by atoms with E-state index in [1.165, 1.54) is 30.3 Å². The van der Waals surface area contributed by atoms with Crippen LogP contribution < -0.4 is 5.11 Å². The van der Waals surface area contributed by atoms with Crippen LogP contribution in [0.3, 0.4) is 0 Å². The van der Waals surface area contributed by atoms with Crippen molar-refractivity contribution in [1.29, 1.82) is 0 Å². The summed E-state index contributed by atoms with van der Waals surface area (Å²) in [6, 6.07) is 14.5. The molecule has 0 aliphatic rings. The molecule has 0 bridgehead atoms. The van der Waals surface area contributed by atoms with E-state index in [-0.39, 0.29) is 21.8 Å². The first-order valence-corrected chi connectivity index (χ1v) is 7.69. The molecule has 1 aromatic heterocycles. The molecule has 0 saturated carbocycles. The molecule has 0 unspecified atom stereocenters. The largest absolute Gasteiger partial charge is 0.544 e. The zero-order chi connectivity index (χ0) is 16.9. The summed E-state index contributed by atoms with van der Waals surface area (Å²) in [5, 5.41) is 19.0. The first-order valence-electron chi connectivity index (χ1n) is 6.87. The van der Waals surface area contributed by atoms with E-state index in [1.54, 1.807) is 24.3 Å². The summed E-state index contributed by atoms with van der Waals surface area (Å²) in [7, 11) is 0. The number of carbonyl (C=O) groups is 1. The minimum Gasteiger partial charge on any atom is -0.544 e. The van der Waals surface area contributed by atoms with Crippen LogP contribution in [0.5, 0.6) is 0 Å². The highest BCUT2D eigenvalue weighted by Crippen LogP contribution is 2.29. The lowest BCUT2D eigenvalue weighted by atomic mass is 10.2. The normalized spacial score (nSPS) is 11.5. The monoisotopic (exact) mass is 341 g/mol. The summed E-state index contributed by atoms with van der Waals surface area (Å²) < 4.78 is 18.3. The van der Waals surface area contributed by atoms with Crippen molar-refractivity contribution in [3.05, 3.63) is 70.9 Å². The predicted molar refractivity (Wildman–Crippen MR) is 85.0 cm³/mol. The quantitative estimate of drug-likeness (QED) is 0.524. The van der Waals surface area contributed by atoms with E-state index in [9.17, 15) is 14.3 Å². The van der Waals surface area contributed by atoms with Crippen molar-refractivity contribution in [3.8, 4) is 11.5 Å². The molecular formula is C17H10FN2O3S-. The van der Waals surface area contributed by atoms with Gasteiger partial charge in [0.1, 0.15) is 5.82 Å². The summed E-state index contributed by atoms with van der Waals surface area (Å²) in [6.45, 7) is 0. The van der Waals surface area contributed by atoms with E-state index in [0.29, 0.717) is 11.1 Å². The van der Waals surface area contributed by atoms with Crippen molar-refractivity contribution < 1.29 is 18.7 Å². The van der Waals surface area contributed by atoms with Crippen LogP contribution in [0.25, 0.3) is 17.5 Å². The van der Waals surface area contributed by atoms with Gasteiger partial charge in [-0.2, -0.15) is 0 Å². The summed E-state index contributed by atoms with van der Waals surface area (Å²) >= 11 is 0.795. The van der Waals surface area contributed by atoms with E-state index >= 15 is 0 Å². The molecular weight excluding hydrogens is 331 g/mol. The first kappa shape index (κ1) is 15.9. The highest BCUT2D eigenvalue weighted by Gasteiger charge is 2.12. The second-order valence-electron chi connectivity index (χ2n) is 4.69. The van der Waals surface area contributed by atoms with Crippen molar-refractivity contribution in [3.63, 3.8) is 0 Å². The summed E-state index contributed by atoms with van der Waals surface area (Å²) in [5.74, 6) is -1.54. The number of aromatic nitrogens is 2. The van der Waals surface area contributed by atoms with Crippen LogP contribution in [-0.4, -0.2) is 16.2 Å². The van der Waals surface area contributed by atoms with Crippen LogP contribution in [0.2, 0.25) is 0 Å². The highest BCUT2D eigenvalue weighted by molar-refractivity contribution is 8.03. The Hall–Kier alpha value is -2.93. The average Bonchev–Trinajstić information content (AvgIpc) is 3.04. The SMILES string of the molecule is O=C([O-])/C(=C\c1ccccc1)Sc1nnc(-c2ccc(F)cc2)o1. The van der Waals surface area contributed by atoms with Gasteiger partial charge in [0.25, 0.3) is 5.22 Å². The van der Waals surface area contributed by atoms with E-state index in [0.717, 1.165) is 11.8 Å². The molecule has 0 spiro atoms. The molecule has 120 valence electrons. The molecule has 0 aliphatic heterocycles.